The van der Waals surface area contributed by atoms with Crippen LogP contribution < -0.4 is 4.72 Å². The Morgan fingerprint density at radius 1 is 1.12 bits per heavy atom. The third-order valence-corrected chi connectivity index (χ3v) is 5.38. The van der Waals surface area contributed by atoms with Crippen molar-refractivity contribution in [3.05, 3.63) is 59.3 Å². The molecule has 0 spiro atoms. The number of aromatic nitrogens is 2. The normalized spacial score (nSPS) is 13.3. The second kappa shape index (κ2) is 7.32. The van der Waals surface area contributed by atoms with Gasteiger partial charge < -0.3 is 0 Å². The maximum Gasteiger partial charge on any atom is 0.406 e. The summed E-state index contributed by atoms with van der Waals surface area (Å²) in [6.07, 6.45) is -2.74. The van der Waals surface area contributed by atoms with Crippen LogP contribution in [0.2, 0.25) is 0 Å². The number of fused-ring (bicyclic) bond motifs is 1. The van der Waals surface area contributed by atoms with Crippen LogP contribution in [0.15, 0.2) is 47.5 Å². The van der Waals surface area contributed by atoms with Crippen molar-refractivity contribution in [2.75, 3.05) is 0 Å². The zero-order chi connectivity index (χ0) is 18.9. The Balaban J connectivity index is 1.79. The molecule has 0 bridgehead atoms. The standard InChI is InChI=1S/C19H20F3N3S/c1-12-8-13(2)18(14(3)9-12)26-24-17(19(20,21)22)11-25-10-15-6-4-5-7-16(15)23-25/h4-10,17,24H,11H2,1-3H3. The van der Waals surface area contributed by atoms with E-state index in [0.29, 0.717) is 5.52 Å². The summed E-state index contributed by atoms with van der Waals surface area (Å²) in [5.41, 5.74) is 3.71. The molecule has 1 atom stereocenters. The lowest BCUT2D eigenvalue weighted by atomic mass is 10.1. The number of alkyl halides is 3. The first-order valence-electron chi connectivity index (χ1n) is 8.23. The molecule has 1 heterocycles. The summed E-state index contributed by atoms with van der Waals surface area (Å²) >= 11 is 1.03. The number of nitrogens with zero attached hydrogens (tertiary/aromatic N) is 2. The second-order valence-electron chi connectivity index (χ2n) is 6.45. The maximum atomic E-state index is 13.5. The Bertz CT molecular complexity index is 862. The minimum Gasteiger partial charge on any atom is -0.270 e. The van der Waals surface area contributed by atoms with Gasteiger partial charge in [0.15, 0.2) is 0 Å². The smallest absolute Gasteiger partial charge is 0.270 e. The molecule has 0 aliphatic carbocycles. The fourth-order valence-electron chi connectivity index (χ4n) is 2.96. The molecule has 0 saturated carbocycles. The van der Waals surface area contributed by atoms with E-state index in [1.54, 1.807) is 12.3 Å². The molecule has 26 heavy (non-hydrogen) atoms. The largest absolute Gasteiger partial charge is 0.406 e. The van der Waals surface area contributed by atoms with E-state index in [0.717, 1.165) is 38.9 Å². The second-order valence-corrected chi connectivity index (χ2v) is 7.30. The van der Waals surface area contributed by atoms with E-state index >= 15 is 0 Å². The van der Waals surface area contributed by atoms with Crippen LogP contribution in [-0.4, -0.2) is 22.0 Å². The molecule has 0 radical (unpaired) electrons. The van der Waals surface area contributed by atoms with Crippen molar-refractivity contribution >= 4 is 22.9 Å². The SMILES string of the molecule is Cc1cc(C)c(SNC(Cn2cc3ccccc3n2)C(F)(F)F)c(C)c1. The first kappa shape index (κ1) is 18.8. The molecule has 0 aliphatic rings. The zero-order valence-corrected chi connectivity index (χ0v) is 15.6. The van der Waals surface area contributed by atoms with Crippen molar-refractivity contribution in [3.63, 3.8) is 0 Å². The van der Waals surface area contributed by atoms with Crippen LogP contribution in [0.5, 0.6) is 0 Å². The van der Waals surface area contributed by atoms with Gasteiger partial charge >= 0.3 is 6.18 Å². The van der Waals surface area contributed by atoms with Crippen molar-refractivity contribution in [1.82, 2.24) is 14.5 Å². The number of hydrogen-bond donors (Lipinski definition) is 1. The van der Waals surface area contributed by atoms with Crippen molar-refractivity contribution in [2.45, 2.75) is 44.4 Å². The van der Waals surface area contributed by atoms with Gasteiger partial charge in [-0.15, -0.1) is 0 Å². The van der Waals surface area contributed by atoms with Crippen molar-refractivity contribution < 1.29 is 13.2 Å². The average Bonchev–Trinajstić information content (AvgIpc) is 2.94. The summed E-state index contributed by atoms with van der Waals surface area (Å²) in [5, 5.41) is 5.06. The van der Waals surface area contributed by atoms with Crippen LogP contribution in [0.3, 0.4) is 0 Å². The number of nitrogens with one attached hydrogen (secondary N) is 1. The van der Waals surface area contributed by atoms with Gasteiger partial charge in [0.05, 0.1) is 12.1 Å². The molecule has 1 N–H and O–H groups in total. The Morgan fingerprint density at radius 3 is 2.38 bits per heavy atom. The monoisotopic (exact) mass is 379 g/mol. The van der Waals surface area contributed by atoms with Gasteiger partial charge in [0.2, 0.25) is 0 Å². The molecule has 0 saturated heterocycles. The summed E-state index contributed by atoms with van der Waals surface area (Å²) in [4.78, 5) is 0.829. The van der Waals surface area contributed by atoms with Gasteiger partial charge in [-0.25, -0.2) is 4.72 Å². The summed E-state index contributed by atoms with van der Waals surface area (Å²) in [6, 6.07) is 9.52. The molecule has 0 fully saturated rings. The van der Waals surface area contributed by atoms with Gasteiger partial charge in [0.25, 0.3) is 0 Å². The first-order valence-corrected chi connectivity index (χ1v) is 9.05. The lowest BCUT2D eigenvalue weighted by Crippen LogP contribution is -2.42. The first-order chi connectivity index (χ1) is 12.2. The van der Waals surface area contributed by atoms with Gasteiger partial charge in [-0.1, -0.05) is 35.9 Å². The predicted octanol–water partition coefficient (Wildman–Crippen LogP) is 5.19. The quantitative estimate of drug-likeness (QED) is 0.619. The van der Waals surface area contributed by atoms with E-state index in [9.17, 15) is 13.2 Å². The average molecular weight is 379 g/mol. The molecular weight excluding hydrogens is 359 g/mol. The minimum absolute atomic E-state index is 0.283. The molecule has 3 aromatic rings. The van der Waals surface area contributed by atoms with E-state index in [4.69, 9.17) is 0 Å². The topological polar surface area (TPSA) is 29.9 Å². The molecule has 138 valence electrons. The zero-order valence-electron chi connectivity index (χ0n) is 14.8. The fourth-order valence-corrected chi connectivity index (χ4v) is 3.87. The van der Waals surface area contributed by atoms with Crippen LogP contribution in [0, 0.1) is 20.8 Å². The summed E-state index contributed by atoms with van der Waals surface area (Å²) in [5.74, 6) is 0. The Kier molecular flexibility index (Phi) is 5.29. The van der Waals surface area contributed by atoms with Crippen LogP contribution >= 0.6 is 11.9 Å². The van der Waals surface area contributed by atoms with Crippen molar-refractivity contribution in [2.24, 2.45) is 0 Å². The number of rotatable bonds is 5. The Hall–Kier alpha value is -1.99. The van der Waals surface area contributed by atoms with E-state index in [-0.39, 0.29) is 6.54 Å². The fraction of sp³-hybridized carbons (Fsp3) is 0.316. The predicted molar refractivity (Wildman–Crippen MR) is 99.2 cm³/mol. The third kappa shape index (κ3) is 4.22. The third-order valence-electron chi connectivity index (χ3n) is 4.13. The van der Waals surface area contributed by atoms with Crippen LogP contribution in [0.1, 0.15) is 16.7 Å². The minimum atomic E-state index is -4.38. The van der Waals surface area contributed by atoms with Crippen LogP contribution in [-0.2, 0) is 6.54 Å². The van der Waals surface area contributed by atoms with Gasteiger partial charge in [-0.3, -0.25) is 4.68 Å². The molecule has 3 rings (SSSR count). The van der Waals surface area contributed by atoms with E-state index in [1.165, 1.54) is 4.68 Å². The summed E-state index contributed by atoms with van der Waals surface area (Å²) < 4.78 is 44.5. The van der Waals surface area contributed by atoms with Gasteiger partial charge in [0.1, 0.15) is 6.04 Å². The Morgan fingerprint density at radius 2 is 1.77 bits per heavy atom. The molecule has 7 heteroatoms. The highest BCUT2D eigenvalue weighted by Gasteiger charge is 2.40. The van der Waals surface area contributed by atoms with E-state index in [2.05, 4.69) is 9.82 Å². The summed E-state index contributed by atoms with van der Waals surface area (Å²) in [6.45, 7) is 5.51. The van der Waals surface area contributed by atoms with Gasteiger partial charge in [-0.2, -0.15) is 18.3 Å². The van der Waals surface area contributed by atoms with Crippen molar-refractivity contribution in [3.8, 4) is 0 Å². The number of benzene rings is 2. The molecule has 2 aromatic carbocycles. The Labute approximate surface area is 154 Å². The molecule has 1 aromatic heterocycles. The molecular formula is C19H20F3N3S. The number of halogens is 3. The molecule has 0 aliphatic heterocycles. The highest BCUT2D eigenvalue weighted by molar-refractivity contribution is 7.97. The molecule has 0 amide bonds. The highest BCUT2D eigenvalue weighted by atomic mass is 32.2. The van der Waals surface area contributed by atoms with Crippen molar-refractivity contribution in [1.29, 1.82) is 0 Å². The van der Waals surface area contributed by atoms with Gasteiger partial charge in [-0.05, 0) is 49.9 Å². The number of hydrogen-bond acceptors (Lipinski definition) is 3. The van der Waals surface area contributed by atoms with Gasteiger partial charge in [0, 0.05) is 16.5 Å². The molecule has 3 nitrogen and oxygen atoms in total. The van der Waals surface area contributed by atoms with E-state index in [1.807, 2.05) is 51.1 Å². The summed E-state index contributed by atoms with van der Waals surface area (Å²) in [7, 11) is 0. The lowest BCUT2D eigenvalue weighted by Gasteiger charge is -2.22. The molecule has 1 unspecified atom stereocenters. The lowest BCUT2D eigenvalue weighted by molar-refractivity contribution is -0.154. The maximum absolute atomic E-state index is 13.5. The van der Waals surface area contributed by atoms with Crippen LogP contribution in [0.4, 0.5) is 13.2 Å². The van der Waals surface area contributed by atoms with E-state index < -0.39 is 12.2 Å². The highest BCUT2D eigenvalue weighted by Crippen LogP contribution is 2.29. The number of aryl methyl sites for hydroxylation is 3. The van der Waals surface area contributed by atoms with Crippen LogP contribution in [0.25, 0.3) is 10.9 Å².